The quantitative estimate of drug-likeness (QED) is 0.593. The Labute approximate surface area is 77.3 Å². The number of benzene rings is 1. The molecule has 1 aromatic heterocycles. The highest BCUT2D eigenvalue weighted by Crippen LogP contribution is 2.04. The Balaban J connectivity index is 3.05. The topological polar surface area (TPSA) is 52.2 Å². The van der Waals surface area contributed by atoms with Crippen molar-refractivity contribution in [1.29, 1.82) is 0 Å². The lowest BCUT2D eigenvalue weighted by molar-refractivity contribution is 0.433. The molecule has 2 aromatic rings. The lowest BCUT2D eigenvalue weighted by Crippen LogP contribution is -2.22. The van der Waals surface area contributed by atoms with Crippen LogP contribution in [0.2, 0.25) is 0 Å². The molecule has 0 spiro atoms. The van der Waals surface area contributed by atoms with Gasteiger partial charge in [-0.25, -0.2) is 9.59 Å². The number of fused-ring (bicyclic) bond motifs is 1. The van der Waals surface area contributed by atoms with Crippen molar-refractivity contribution < 1.29 is 8.53 Å². The molecule has 0 saturated carbocycles. The Morgan fingerprint density at radius 3 is 2.92 bits per heavy atom. The monoisotopic (exact) mass is 180 g/mol. The Bertz CT molecular complexity index is 653. The summed E-state index contributed by atoms with van der Waals surface area (Å²) in [5, 5.41) is 0.0678. The summed E-state index contributed by atoms with van der Waals surface area (Å²) in [6.45, 7) is -2.67. The third-order valence-electron chi connectivity index (χ3n) is 1.73. The van der Waals surface area contributed by atoms with Gasteiger partial charge in [-0.05, 0) is 12.1 Å². The number of hydrogen-bond donors (Lipinski definition) is 0. The largest absolute Gasteiger partial charge is 0.422 e. The number of nitrogens with zero attached hydrogens (tertiary/aromatic N) is 1. The van der Waals surface area contributed by atoms with Crippen molar-refractivity contribution in [3.8, 4) is 0 Å². The molecule has 0 radical (unpaired) electrons. The molecule has 66 valence electrons. The van der Waals surface area contributed by atoms with Gasteiger partial charge in [0.1, 0.15) is 0 Å². The third kappa shape index (κ3) is 1.07. The van der Waals surface area contributed by atoms with Gasteiger partial charge in [-0.2, -0.15) is 0 Å². The molecule has 13 heavy (non-hydrogen) atoms. The predicted molar refractivity (Wildman–Crippen MR) is 47.7 cm³/mol. The van der Waals surface area contributed by atoms with Crippen molar-refractivity contribution >= 4 is 10.9 Å². The van der Waals surface area contributed by atoms with Gasteiger partial charge in [0.25, 0.3) is 0 Å². The van der Waals surface area contributed by atoms with Crippen LogP contribution in [-0.2, 0) is 6.98 Å². The van der Waals surface area contributed by atoms with E-state index in [0.29, 0.717) is 4.57 Å². The minimum atomic E-state index is -2.67. The fourth-order valence-corrected chi connectivity index (χ4v) is 1.12. The minimum Gasteiger partial charge on any atom is -0.372 e. The summed E-state index contributed by atoms with van der Waals surface area (Å²) in [5.74, 6) is -1.18. The Morgan fingerprint density at radius 1 is 1.38 bits per heavy atom. The van der Waals surface area contributed by atoms with Gasteiger partial charge in [0.15, 0.2) is 0 Å². The second kappa shape index (κ2) is 2.58. The number of rotatable bonds is 0. The van der Waals surface area contributed by atoms with Crippen LogP contribution in [0.15, 0.2) is 38.3 Å². The zero-order valence-electron chi connectivity index (χ0n) is 9.48. The Morgan fingerprint density at radius 2 is 2.15 bits per heavy atom. The van der Waals surface area contributed by atoms with Gasteiger partial charge < -0.3 is 4.42 Å². The van der Waals surface area contributed by atoms with Crippen LogP contribution in [-0.4, -0.2) is 4.57 Å². The van der Waals surface area contributed by atoms with Gasteiger partial charge in [-0.15, -0.1) is 0 Å². The lowest BCUT2D eigenvalue weighted by atomic mass is 10.2. The van der Waals surface area contributed by atoms with Crippen molar-refractivity contribution in [1.82, 2.24) is 4.57 Å². The van der Waals surface area contributed by atoms with Gasteiger partial charge in [0.2, 0.25) is 0 Å². The normalized spacial score (nSPS) is 14.9. The summed E-state index contributed by atoms with van der Waals surface area (Å²) in [6, 6.07) is 5.90. The summed E-state index contributed by atoms with van der Waals surface area (Å²) < 4.78 is 26.4. The Hall–Kier alpha value is -1.84. The van der Waals surface area contributed by atoms with Gasteiger partial charge in [0, 0.05) is 11.1 Å². The summed E-state index contributed by atoms with van der Waals surface area (Å²) in [7, 11) is 0. The van der Waals surface area contributed by atoms with Crippen LogP contribution >= 0.6 is 0 Å². The second-order valence-electron chi connectivity index (χ2n) is 2.51. The summed E-state index contributed by atoms with van der Waals surface area (Å²) in [4.78, 5) is 22.7. The molecule has 0 amide bonds. The highest BCUT2D eigenvalue weighted by atomic mass is 16.4. The fourth-order valence-electron chi connectivity index (χ4n) is 1.12. The first-order valence-electron chi connectivity index (χ1n) is 5.06. The van der Waals surface area contributed by atoms with Crippen LogP contribution in [0.1, 0.15) is 4.11 Å². The molecule has 0 fully saturated rings. The van der Waals surface area contributed by atoms with Crippen molar-refractivity contribution in [3.05, 3.63) is 45.2 Å². The average Bonchev–Trinajstić information content (AvgIpc) is 2.15. The van der Waals surface area contributed by atoms with Crippen LogP contribution in [0.25, 0.3) is 10.9 Å². The van der Waals surface area contributed by atoms with E-state index in [4.69, 9.17) is 4.11 Å². The molecule has 0 saturated heterocycles. The summed E-state index contributed by atoms with van der Waals surface area (Å²) in [5.41, 5.74) is -0.787. The van der Waals surface area contributed by atoms with Gasteiger partial charge in [-0.3, -0.25) is 4.57 Å². The lowest BCUT2D eigenvalue weighted by Gasteiger charge is -1.99. The molecule has 0 unspecified atom stereocenters. The molecule has 2 rings (SSSR count). The molecule has 0 N–H and O–H groups in total. The van der Waals surface area contributed by atoms with E-state index in [-0.39, 0.29) is 10.9 Å². The van der Waals surface area contributed by atoms with Gasteiger partial charge in [-0.1, -0.05) is 12.1 Å². The zero-order valence-corrected chi connectivity index (χ0v) is 6.48. The number of hydrogen-bond acceptors (Lipinski definition) is 3. The first kappa shape index (κ1) is 5.01. The number of aromatic nitrogens is 1. The van der Waals surface area contributed by atoms with Crippen molar-refractivity contribution in [3.63, 3.8) is 0 Å². The average molecular weight is 180 g/mol. The van der Waals surface area contributed by atoms with Crippen molar-refractivity contribution in [2.24, 2.45) is 6.98 Å². The molecule has 1 aromatic carbocycles. The molecule has 0 atom stereocenters. The van der Waals surface area contributed by atoms with Crippen LogP contribution in [0, 0.1) is 0 Å². The van der Waals surface area contributed by atoms with E-state index < -0.39 is 18.4 Å². The standard InChI is InChI=1S/C9H7NO3/c1-10-7-5-3-2-4-6(7)8(11)13-9(10)12/h2-5H,1H3/i1D3. The first-order valence-corrected chi connectivity index (χ1v) is 3.56. The predicted octanol–water partition coefficient (Wildman–Crippen LogP) is 0.492. The summed E-state index contributed by atoms with van der Waals surface area (Å²) in [6.07, 6.45) is 0. The van der Waals surface area contributed by atoms with Crippen LogP contribution < -0.4 is 11.4 Å². The smallest absolute Gasteiger partial charge is 0.372 e. The van der Waals surface area contributed by atoms with E-state index in [9.17, 15) is 9.59 Å². The second-order valence-corrected chi connectivity index (χ2v) is 2.51. The molecule has 0 bridgehead atoms. The van der Waals surface area contributed by atoms with Crippen molar-refractivity contribution in [2.75, 3.05) is 0 Å². The third-order valence-corrected chi connectivity index (χ3v) is 1.73. The molecule has 0 aliphatic carbocycles. The maximum Gasteiger partial charge on any atom is 0.422 e. The number of para-hydroxylation sites is 1. The molecule has 4 heteroatoms. The van der Waals surface area contributed by atoms with Crippen LogP contribution in [0.3, 0.4) is 0 Å². The van der Waals surface area contributed by atoms with Crippen molar-refractivity contribution in [2.45, 2.75) is 0 Å². The van der Waals surface area contributed by atoms with E-state index in [1.54, 1.807) is 12.1 Å². The van der Waals surface area contributed by atoms with E-state index in [1.807, 2.05) is 0 Å². The maximum absolute atomic E-state index is 11.3. The van der Waals surface area contributed by atoms with Crippen LogP contribution in [0.4, 0.5) is 0 Å². The molecular formula is C9H7NO3. The minimum absolute atomic E-state index is 0.0451. The highest BCUT2D eigenvalue weighted by molar-refractivity contribution is 5.76. The van der Waals surface area contributed by atoms with Gasteiger partial charge >= 0.3 is 11.4 Å². The van der Waals surface area contributed by atoms with E-state index >= 15 is 0 Å². The molecule has 4 nitrogen and oxygen atoms in total. The first-order chi connectivity index (χ1) is 7.41. The Kier molecular flexibility index (Phi) is 0.997. The summed E-state index contributed by atoms with van der Waals surface area (Å²) >= 11 is 0. The maximum atomic E-state index is 11.3. The molecule has 0 aliphatic heterocycles. The van der Waals surface area contributed by atoms with E-state index in [0.717, 1.165) is 0 Å². The highest BCUT2D eigenvalue weighted by Gasteiger charge is 2.03. The zero-order chi connectivity index (χ0) is 11.9. The number of aryl methyl sites for hydroxylation is 1. The molecule has 0 aliphatic rings. The van der Waals surface area contributed by atoms with E-state index in [2.05, 4.69) is 4.42 Å². The van der Waals surface area contributed by atoms with Gasteiger partial charge in [0.05, 0.1) is 10.9 Å². The van der Waals surface area contributed by atoms with Crippen LogP contribution in [0.5, 0.6) is 0 Å². The van der Waals surface area contributed by atoms with E-state index in [1.165, 1.54) is 12.1 Å². The molecular weight excluding hydrogens is 170 g/mol. The molecule has 1 heterocycles. The fraction of sp³-hybridized carbons (Fsp3) is 0.111. The SMILES string of the molecule is [2H]C([2H])([2H])n1c(=O)oc(=O)c2ccccc21.